The number of carboxylic acid groups (broad SMARTS) is 1. The number of carbonyl (C=O) groups is 2. The van der Waals surface area contributed by atoms with Gasteiger partial charge in [0.2, 0.25) is 5.91 Å². The van der Waals surface area contributed by atoms with Crippen molar-refractivity contribution in [3.63, 3.8) is 0 Å². The fourth-order valence-corrected chi connectivity index (χ4v) is 1.34. The fraction of sp³-hybridized carbons (Fsp3) is 0.800. The summed E-state index contributed by atoms with van der Waals surface area (Å²) in [5.74, 6) is -0.698. The minimum Gasteiger partial charge on any atom is -0.481 e. The second-order valence-electron chi connectivity index (χ2n) is 3.37. The zero-order chi connectivity index (χ0) is 11.7. The lowest BCUT2D eigenvalue weighted by Crippen LogP contribution is -2.31. The highest BCUT2D eigenvalue weighted by Crippen LogP contribution is 2.04. The average molecular weight is 233 g/mol. The molecule has 0 saturated carbocycles. The van der Waals surface area contributed by atoms with E-state index < -0.39 is 5.97 Å². The molecule has 88 valence electrons. The molecular weight excluding hydrogens is 214 g/mol. The summed E-state index contributed by atoms with van der Waals surface area (Å²) in [5, 5.41) is 11.2. The normalized spacial score (nSPS) is 12.1. The van der Waals surface area contributed by atoms with Crippen LogP contribution in [0.15, 0.2) is 0 Å². The highest BCUT2D eigenvalue weighted by Gasteiger charge is 2.09. The molecule has 0 aromatic carbocycles. The van der Waals surface area contributed by atoms with Crippen LogP contribution in [0.1, 0.15) is 32.6 Å². The summed E-state index contributed by atoms with van der Waals surface area (Å²) in [4.78, 5) is 21.5. The summed E-state index contributed by atoms with van der Waals surface area (Å²) in [6.45, 7) is 2.51. The Kier molecular flexibility index (Phi) is 8.18. The Bertz CT molecular complexity index is 209. The molecule has 5 heteroatoms. The SMILES string of the molecule is CSC(C)C(=O)NCCCCCC(=O)O. The molecule has 0 aromatic heterocycles. The summed E-state index contributed by atoms with van der Waals surface area (Å²) < 4.78 is 0. The Hall–Kier alpha value is -0.710. The second-order valence-corrected chi connectivity index (χ2v) is 4.55. The van der Waals surface area contributed by atoms with E-state index >= 15 is 0 Å². The smallest absolute Gasteiger partial charge is 0.303 e. The highest BCUT2D eigenvalue weighted by atomic mass is 32.2. The Morgan fingerprint density at radius 3 is 2.53 bits per heavy atom. The van der Waals surface area contributed by atoms with Gasteiger partial charge in [-0.25, -0.2) is 0 Å². The summed E-state index contributed by atoms with van der Waals surface area (Å²) in [6, 6.07) is 0. The fourth-order valence-electron chi connectivity index (χ4n) is 1.04. The molecule has 4 nitrogen and oxygen atoms in total. The van der Waals surface area contributed by atoms with Gasteiger partial charge < -0.3 is 10.4 Å². The minimum atomic E-state index is -0.755. The lowest BCUT2D eigenvalue weighted by molar-refractivity contribution is -0.137. The average Bonchev–Trinajstić information content (AvgIpc) is 2.21. The van der Waals surface area contributed by atoms with E-state index in [9.17, 15) is 9.59 Å². The predicted octanol–water partition coefficient (Wildman–Crippen LogP) is 1.50. The molecule has 0 fully saturated rings. The molecule has 15 heavy (non-hydrogen) atoms. The summed E-state index contributed by atoms with van der Waals surface area (Å²) in [7, 11) is 0. The van der Waals surface area contributed by atoms with Crippen LogP contribution in [-0.2, 0) is 9.59 Å². The number of hydrogen-bond donors (Lipinski definition) is 2. The van der Waals surface area contributed by atoms with E-state index in [1.54, 1.807) is 0 Å². The van der Waals surface area contributed by atoms with E-state index in [1.165, 1.54) is 11.8 Å². The van der Waals surface area contributed by atoms with Crippen LogP contribution in [0.3, 0.4) is 0 Å². The van der Waals surface area contributed by atoms with Gasteiger partial charge >= 0.3 is 5.97 Å². The maximum Gasteiger partial charge on any atom is 0.303 e. The Morgan fingerprint density at radius 2 is 2.00 bits per heavy atom. The number of thioether (sulfide) groups is 1. The number of hydrogen-bond acceptors (Lipinski definition) is 3. The van der Waals surface area contributed by atoms with Gasteiger partial charge in [-0.05, 0) is 26.0 Å². The molecule has 1 amide bonds. The van der Waals surface area contributed by atoms with Crippen LogP contribution < -0.4 is 5.32 Å². The molecule has 2 N–H and O–H groups in total. The summed E-state index contributed by atoms with van der Waals surface area (Å²) in [6.07, 6.45) is 4.50. The maximum atomic E-state index is 11.3. The van der Waals surface area contributed by atoms with Gasteiger partial charge in [0.15, 0.2) is 0 Å². The molecule has 0 rings (SSSR count). The topological polar surface area (TPSA) is 66.4 Å². The van der Waals surface area contributed by atoms with Gasteiger partial charge in [-0.2, -0.15) is 11.8 Å². The van der Waals surface area contributed by atoms with Crippen molar-refractivity contribution in [1.82, 2.24) is 5.32 Å². The van der Waals surface area contributed by atoms with Crippen LogP contribution >= 0.6 is 11.8 Å². The van der Waals surface area contributed by atoms with E-state index in [-0.39, 0.29) is 17.6 Å². The van der Waals surface area contributed by atoms with E-state index in [0.29, 0.717) is 13.0 Å². The van der Waals surface area contributed by atoms with Crippen LogP contribution in [0.25, 0.3) is 0 Å². The molecule has 0 aliphatic heterocycles. The van der Waals surface area contributed by atoms with Crippen molar-refractivity contribution in [2.75, 3.05) is 12.8 Å². The largest absolute Gasteiger partial charge is 0.481 e. The molecule has 1 unspecified atom stereocenters. The van der Waals surface area contributed by atoms with Gasteiger partial charge in [0.05, 0.1) is 5.25 Å². The number of amides is 1. The Balaban J connectivity index is 3.31. The van der Waals surface area contributed by atoms with Crippen molar-refractivity contribution in [2.45, 2.75) is 37.9 Å². The Labute approximate surface area is 94.8 Å². The third kappa shape index (κ3) is 8.30. The number of rotatable bonds is 8. The maximum absolute atomic E-state index is 11.3. The van der Waals surface area contributed by atoms with E-state index in [1.807, 2.05) is 13.2 Å². The van der Waals surface area contributed by atoms with Crippen LogP contribution in [0.5, 0.6) is 0 Å². The molecule has 0 aromatic rings. The van der Waals surface area contributed by atoms with Gasteiger partial charge in [-0.15, -0.1) is 0 Å². The Morgan fingerprint density at radius 1 is 1.33 bits per heavy atom. The molecule has 0 bridgehead atoms. The molecule has 0 aliphatic rings. The first-order valence-electron chi connectivity index (χ1n) is 5.10. The first-order chi connectivity index (χ1) is 7.07. The first kappa shape index (κ1) is 14.3. The third-order valence-electron chi connectivity index (χ3n) is 2.09. The standard InChI is InChI=1S/C10H19NO3S/c1-8(15-2)10(14)11-7-5-3-4-6-9(12)13/h8H,3-7H2,1-2H3,(H,11,14)(H,12,13). The number of unbranched alkanes of at least 4 members (excludes halogenated alkanes) is 2. The van der Waals surface area contributed by atoms with E-state index in [4.69, 9.17) is 5.11 Å². The lowest BCUT2D eigenvalue weighted by atomic mass is 10.2. The van der Waals surface area contributed by atoms with Crippen molar-refractivity contribution >= 4 is 23.6 Å². The van der Waals surface area contributed by atoms with Crippen LogP contribution in [-0.4, -0.2) is 35.0 Å². The molecular formula is C10H19NO3S. The second kappa shape index (κ2) is 8.59. The number of carboxylic acids is 1. The highest BCUT2D eigenvalue weighted by molar-refractivity contribution is 7.99. The third-order valence-corrected chi connectivity index (χ3v) is 3.01. The molecule has 1 atom stereocenters. The number of aliphatic carboxylic acids is 1. The minimum absolute atomic E-state index is 0.0102. The number of nitrogens with one attached hydrogen (secondary N) is 1. The monoisotopic (exact) mass is 233 g/mol. The lowest BCUT2D eigenvalue weighted by Gasteiger charge is -2.08. The molecule has 0 aliphatic carbocycles. The van der Waals surface area contributed by atoms with Crippen LogP contribution in [0.4, 0.5) is 0 Å². The zero-order valence-corrected chi connectivity index (χ0v) is 10.1. The molecule has 0 radical (unpaired) electrons. The molecule has 0 saturated heterocycles. The van der Waals surface area contributed by atoms with Gasteiger partial charge in [0.1, 0.15) is 0 Å². The van der Waals surface area contributed by atoms with E-state index in [2.05, 4.69) is 5.32 Å². The van der Waals surface area contributed by atoms with Crippen LogP contribution in [0.2, 0.25) is 0 Å². The quantitative estimate of drug-likeness (QED) is 0.623. The zero-order valence-electron chi connectivity index (χ0n) is 9.28. The van der Waals surface area contributed by atoms with Gasteiger partial charge in [-0.3, -0.25) is 9.59 Å². The van der Waals surface area contributed by atoms with Crippen LogP contribution in [0, 0.1) is 0 Å². The van der Waals surface area contributed by atoms with Crippen molar-refractivity contribution < 1.29 is 14.7 Å². The molecule has 0 spiro atoms. The van der Waals surface area contributed by atoms with E-state index in [0.717, 1.165) is 12.8 Å². The van der Waals surface area contributed by atoms with Gasteiger partial charge in [0, 0.05) is 13.0 Å². The number of carbonyl (C=O) groups excluding carboxylic acids is 1. The van der Waals surface area contributed by atoms with Crippen molar-refractivity contribution in [3.05, 3.63) is 0 Å². The van der Waals surface area contributed by atoms with Crippen molar-refractivity contribution in [2.24, 2.45) is 0 Å². The first-order valence-corrected chi connectivity index (χ1v) is 6.39. The molecule has 0 heterocycles. The summed E-state index contributed by atoms with van der Waals surface area (Å²) in [5.41, 5.74) is 0. The van der Waals surface area contributed by atoms with Crippen molar-refractivity contribution in [1.29, 1.82) is 0 Å². The van der Waals surface area contributed by atoms with Gasteiger partial charge in [0.25, 0.3) is 0 Å². The predicted molar refractivity (Wildman–Crippen MR) is 62.1 cm³/mol. The summed E-state index contributed by atoms with van der Waals surface area (Å²) >= 11 is 1.52. The van der Waals surface area contributed by atoms with Crippen molar-refractivity contribution in [3.8, 4) is 0 Å². The van der Waals surface area contributed by atoms with Gasteiger partial charge in [-0.1, -0.05) is 6.42 Å².